The maximum absolute atomic E-state index is 11.9. The summed E-state index contributed by atoms with van der Waals surface area (Å²) in [4.78, 5) is 13.9. The summed E-state index contributed by atoms with van der Waals surface area (Å²) in [5, 5.41) is 0. The maximum atomic E-state index is 11.9. The number of methoxy groups -OCH3 is 1. The summed E-state index contributed by atoms with van der Waals surface area (Å²) in [6, 6.07) is 18.0. The molecular weight excluding hydrogens is 290 g/mol. The summed E-state index contributed by atoms with van der Waals surface area (Å²) in [5.41, 5.74) is 2.30. The average molecular weight is 313 g/mol. The highest BCUT2D eigenvalue weighted by Gasteiger charge is 2.13. The van der Waals surface area contributed by atoms with Gasteiger partial charge in [0.15, 0.2) is 0 Å². The molecule has 0 aliphatic carbocycles. The molecule has 0 aromatic heterocycles. The Balaban J connectivity index is 2.06. The van der Waals surface area contributed by atoms with E-state index in [4.69, 9.17) is 9.47 Å². The number of nitrogens with zero attached hydrogens (tertiary/aromatic N) is 1. The van der Waals surface area contributed by atoms with E-state index in [1.807, 2.05) is 49.4 Å². The summed E-state index contributed by atoms with van der Waals surface area (Å²) in [7, 11) is 1.65. The van der Waals surface area contributed by atoms with E-state index in [1.165, 1.54) is 5.56 Å². The third kappa shape index (κ3) is 5.75. The minimum Gasteiger partial charge on any atom is -0.497 e. The third-order valence-electron chi connectivity index (χ3n) is 3.47. The minimum absolute atomic E-state index is 0.197. The first kappa shape index (κ1) is 17.0. The third-order valence-corrected chi connectivity index (χ3v) is 3.47. The summed E-state index contributed by atoms with van der Waals surface area (Å²) < 4.78 is 10.3. The van der Waals surface area contributed by atoms with Gasteiger partial charge in [-0.25, -0.2) is 0 Å². The normalized spacial score (nSPS) is 10.6. The first-order chi connectivity index (χ1) is 11.2. The first-order valence-electron chi connectivity index (χ1n) is 7.76. The lowest BCUT2D eigenvalue weighted by Gasteiger charge is -2.21. The topological polar surface area (TPSA) is 38.8 Å². The van der Waals surface area contributed by atoms with Crippen LogP contribution in [0.4, 0.5) is 0 Å². The van der Waals surface area contributed by atoms with Crippen LogP contribution >= 0.6 is 0 Å². The van der Waals surface area contributed by atoms with Crippen LogP contribution in [0.5, 0.6) is 5.75 Å². The van der Waals surface area contributed by atoms with Gasteiger partial charge in [0.05, 0.1) is 20.3 Å². The van der Waals surface area contributed by atoms with E-state index in [0.29, 0.717) is 19.7 Å². The fourth-order valence-electron chi connectivity index (χ4n) is 2.39. The van der Waals surface area contributed by atoms with Gasteiger partial charge in [0.25, 0.3) is 0 Å². The van der Waals surface area contributed by atoms with E-state index >= 15 is 0 Å². The molecule has 0 heterocycles. The van der Waals surface area contributed by atoms with Gasteiger partial charge in [-0.05, 0) is 30.2 Å². The van der Waals surface area contributed by atoms with Crippen molar-refractivity contribution in [1.29, 1.82) is 0 Å². The van der Waals surface area contributed by atoms with Crippen LogP contribution in [-0.2, 0) is 22.6 Å². The molecule has 2 aromatic carbocycles. The Kier molecular flexibility index (Phi) is 6.63. The molecule has 2 rings (SSSR count). The Morgan fingerprint density at radius 2 is 1.57 bits per heavy atom. The van der Waals surface area contributed by atoms with E-state index in [0.717, 1.165) is 11.3 Å². The molecule has 0 saturated carbocycles. The molecule has 0 aliphatic rings. The summed E-state index contributed by atoms with van der Waals surface area (Å²) in [6.45, 7) is 3.88. The van der Waals surface area contributed by atoms with Crippen LogP contribution in [0.25, 0.3) is 0 Å². The molecule has 23 heavy (non-hydrogen) atoms. The second kappa shape index (κ2) is 8.96. The number of hydrogen-bond donors (Lipinski definition) is 0. The second-order valence-corrected chi connectivity index (χ2v) is 5.28. The van der Waals surface area contributed by atoms with Gasteiger partial charge in [-0.2, -0.15) is 0 Å². The van der Waals surface area contributed by atoms with E-state index in [9.17, 15) is 4.79 Å². The fraction of sp³-hybridized carbons (Fsp3) is 0.316. The standard InChI is InChI=1S/C19H23NO3/c1-3-23-19(21)15-20(13-16-7-5-4-6-8-16)14-17-9-11-18(22-2)12-10-17/h4-12H,3,13-15H2,1-2H3. The molecule has 0 atom stereocenters. The molecule has 0 saturated heterocycles. The number of carbonyl (C=O) groups is 1. The van der Waals surface area contributed by atoms with Crippen molar-refractivity contribution in [3.63, 3.8) is 0 Å². The van der Waals surface area contributed by atoms with E-state index in [-0.39, 0.29) is 12.5 Å². The van der Waals surface area contributed by atoms with Crippen LogP contribution in [0.2, 0.25) is 0 Å². The van der Waals surface area contributed by atoms with Crippen LogP contribution < -0.4 is 4.74 Å². The number of rotatable bonds is 8. The zero-order chi connectivity index (χ0) is 16.5. The molecule has 0 radical (unpaired) electrons. The van der Waals surface area contributed by atoms with Gasteiger partial charge in [-0.1, -0.05) is 42.5 Å². The monoisotopic (exact) mass is 313 g/mol. The van der Waals surface area contributed by atoms with Crippen molar-refractivity contribution in [2.24, 2.45) is 0 Å². The van der Waals surface area contributed by atoms with Crippen molar-refractivity contribution in [3.8, 4) is 5.75 Å². The molecule has 2 aromatic rings. The highest BCUT2D eigenvalue weighted by atomic mass is 16.5. The van der Waals surface area contributed by atoms with Gasteiger partial charge in [0, 0.05) is 13.1 Å². The molecular formula is C19H23NO3. The summed E-state index contributed by atoms with van der Waals surface area (Å²) >= 11 is 0. The quantitative estimate of drug-likeness (QED) is 0.701. The maximum Gasteiger partial charge on any atom is 0.320 e. The second-order valence-electron chi connectivity index (χ2n) is 5.28. The van der Waals surface area contributed by atoms with Gasteiger partial charge in [0.2, 0.25) is 0 Å². The number of ether oxygens (including phenoxy) is 2. The van der Waals surface area contributed by atoms with E-state index < -0.39 is 0 Å². The van der Waals surface area contributed by atoms with E-state index in [1.54, 1.807) is 7.11 Å². The molecule has 4 nitrogen and oxygen atoms in total. The largest absolute Gasteiger partial charge is 0.497 e. The van der Waals surface area contributed by atoms with Crippen molar-refractivity contribution in [2.45, 2.75) is 20.0 Å². The Morgan fingerprint density at radius 1 is 0.957 bits per heavy atom. The average Bonchev–Trinajstić information content (AvgIpc) is 2.56. The lowest BCUT2D eigenvalue weighted by molar-refractivity contribution is -0.144. The number of benzene rings is 2. The van der Waals surface area contributed by atoms with Gasteiger partial charge < -0.3 is 9.47 Å². The van der Waals surface area contributed by atoms with Crippen LogP contribution in [0.3, 0.4) is 0 Å². The molecule has 0 amide bonds. The molecule has 0 bridgehead atoms. The zero-order valence-corrected chi connectivity index (χ0v) is 13.7. The van der Waals surface area contributed by atoms with Crippen molar-refractivity contribution in [3.05, 3.63) is 65.7 Å². The molecule has 4 heteroatoms. The van der Waals surface area contributed by atoms with Crippen LogP contribution in [0.1, 0.15) is 18.1 Å². The minimum atomic E-state index is -0.197. The van der Waals surface area contributed by atoms with E-state index in [2.05, 4.69) is 17.0 Å². The Bertz CT molecular complexity index is 596. The van der Waals surface area contributed by atoms with Crippen molar-refractivity contribution < 1.29 is 14.3 Å². The lowest BCUT2D eigenvalue weighted by Crippen LogP contribution is -2.30. The summed E-state index contributed by atoms with van der Waals surface area (Å²) in [5.74, 6) is 0.630. The SMILES string of the molecule is CCOC(=O)CN(Cc1ccccc1)Cc1ccc(OC)cc1. The van der Waals surface area contributed by atoms with Crippen molar-refractivity contribution in [1.82, 2.24) is 4.90 Å². The van der Waals surface area contributed by atoms with Gasteiger partial charge in [-0.15, -0.1) is 0 Å². The van der Waals surface area contributed by atoms with Gasteiger partial charge >= 0.3 is 5.97 Å². The first-order valence-corrected chi connectivity index (χ1v) is 7.76. The van der Waals surface area contributed by atoms with Crippen LogP contribution in [0.15, 0.2) is 54.6 Å². The zero-order valence-electron chi connectivity index (χ0n) is 13.7. The molecule has 0 fully saturated rings. The molecule has 122 valence electrons. The molecule has 0 N–H and O–H groups in total. The Hall–Kier alpha value is -2.33. The number of hydrogen-bond acceptors (Lipinski definition) is 4. The molecule has 0 spiro atoms. The number of carbonyl (C=O) groups excluding carboxylic acids is 1. The Labute approximate surface area is 137 Å². The van der Waals surface area contributed by atoms with Crippen molar-refractivity contribution >= 4 is 5.97 Å². The highest BCUT2D eigenvalue weighted by Crippen LogP contribution is 2.14. The fourth-order valence-corrected chi connectivity index (χ4v) is 2.39. The summed E-state index contributed by atoms with van der Waals surface area (Å²) in [6.07, 6.45) is 0. The van der Waals surface area contributed by atoms with Gasteiger partial charge in [0.1, 0.15) is 5.75 Å². The molecule has 0 aliphatic heterocycles. The van der Waals surface area contributed by atoms with Crippen molar-refractivity contribution in [2.75, 3.05) is 20.3 Å². The van der Waals surface area contributed by atoms with Gasteiger partial charge in [-0.3, -0.25) is 9.69 Å². The Morgan fingerprint density at radius 3 is 2.13 bits per heavy atom. The lowest BCUT2D eigenvalue weighted by atomic mass is 10.1. The van der Waals surface area contributed by atoms with Crippen LogP contribution in [-0.4, -0.2) is 31.1 Å². The predicted molar refractivity (Wildman–Crippen MR) is 90.2 cm³/mol. The smallest absolute Gasteiger partial charge is 0.320 e. The van der Waals surface area contributed by atoms with Crippen LogP contribution in [0, 0.1) is 0 Å². The molecule has 0 unspecified atom stereocenters. The highest BCUT2D eigenvalue weighted by molar-refractivity contribution is 5.71. The number of esters is 1. The predicted octanol–water partition coefficient (Wildman–Crippen LogP) is 3.26.